The van der Waals surface area contributed by atoms with Crippen LogP contribution in [0.5, 0.6) is 0 Å². The largest absolute Gasteiger partial charge is 0.468 e. The Hall–Kier alpha value is -1.83. The minimum atomic E-state index is -0.441. The number of aromatic nitrogens is 4. The van der Waals surface area contributed by atoms with Gasteiger partial charge in [0.2, 0.25) is 0 Å². The molecule has 2 aromatic rings. The lowest BCUT2D eigenvalue weighted by atomic mass is 10.4. The van der Waals surface area contributed by atoms with Crippen LogP contribution < -0.4 is 5.56 Å². The number of methoxy groups -OCH3 is 1. The van der Waals surface area contributed by atoms with E-state index in [1.165, 1.54) is 13.3 Å². The minimum Gasteiger partial charge on any atom is -0.468 e. The number of thioether (sulfide) groups is 1. The monoisotopic (exact) mass is 254 g/mol. The molecule has 0 radical (unpaired) electrons. The summed E-state index contributed by atoms with van der Waals surface area (Å²) in [6.07, 6.45) is 1.40. The Labute approximate surface area is 100.0 Å². The fourth-order valence-corrected chi connectivity index (χ4v) is 2.08. The molecule has 0 aromatic carbocycles. The molecule has 8 heteroatoms. The summed E-state index contributed by atoms with van der Waals surface area (Å²) in [7, 11) is 1.31. The summed E-state index contributed by atoms with van der Waals surface area (Å²) >= 11 is 1.12. The summed E-state index contributed by atoms with van der Waals surface area (Å²) in [6.45, 7) is 1.67. The van der Waals surface area contributed by atoms with Crippen molar-refractivity contribution in [3.8, 4) is 0 Å². The van der Waals surface area contributed by atoms with Crippen LogP contribution in [0.15, 0.2) is 16.1 Å². The molecule has 2 N–H and O–H groups in total. The Morgan fingerprint density at radius 3 is 3.06 bits per heavy atom. The van der Waals surface area contributed by atoms with Crippen LogP contribution >= 0.6 is 11.8 Å². The van der Waals surface area contributed by atoms with Crippen LogP contribution in [0.1, 0.15) is 6.92 Å². The lowest BCUT2D eigenvalue weighted by molar-refractivity contribution is -0.139. The molecule has 0 spiro atoms. The van der Waals surface area contributed by atoms with Crippen LogP contribution in [-0.4, -0.2) is 38.5 Å². The first kappa shape index (κ1) is 11.6. The molecule has 0 aliphatic rings. The molecule has 0 amide bonds. The summed E-state index contributed by atoms with van der Waals surface area (Å²) in [5, 5.41) is 6.63. The van der Waals surface area contributed by atoms with Crippen molar-refractivity contribution in [3.05, 3.63) is 16.6 Å². The summed E-state index contributed by atoms with van der Waals surface area (Å²) in [6, 6.07) is 0. The molecule has 0 aliphatic heterocycles. The molecule has 0 bridgehead atoms. The van der Waals surface area contributed by atoms with Crippen molar-refractivity contribution in [2.24, 2.45) is 0 Å². The first-order valence-electron chi connectivity index (χ1n) is 4.79. The van der Waals surface area contributed by atoms with Crippen LogP contribution in [-0.2, 0) is 9.53 Å². The van der Waals surface area contributed by atoms with Crippen LogP contribution in [0.3, 0.4) is 0 Å². The van der Waals surface area contributed by atoms with Crippen LogP contribution in [0.4, 0.5) is 0 Å². The maximum Gasteiger partial charge on any atom is 0.318 e. The molecular weight excluding hydrogens is 244 g/mol. The van der Waals surface area contributed by atoms with Gasteiger partial charge in [-0.2, -0.15) is 5.10 Å². The van der Waals surface area contributed by atoms with Gasteiger partial charge in [0.25, 0.3) is 5.56 Å². The highest BCUT2D eigenvalue weighted by molar-refractivity contribution is 8.00. The maximum atomic E-state index is 11.6. The van der Waals surface area contributed by atoms with Gasteiger partial charge in [0, 0.05) is 0 Å². The summed E-state index contributed by atoms with van der Waals surface area (Å²) < 4.78 is 4.59. The van der Waals surface area contributed by atoms with Gasteiger partial charge in [0.15, 0.2) is 10.8 Å². The third kappa shape index (κ3) is 2.31. The molecule has 0 saturated heterocycles. The van der Waals surface area contributed by atoms with E-state index in [1.54, 1.807) is 6.92 Å². The first-order chi connectivity index (χ1) is 8.11. The fraction of sp³-hybridized carbons (Fsp3) is 0.333. The number of ether oxygens (including phenoxy) is 1. The van der Waals surface area contributed by atoms with Gasteiger partial charge in [0.05, 0.1) is 13.3 Å². The van der Waals surface area contributed by atoms with E-state index in [4.69, 9.17) is 0 Å². The number of hydrogen-bond donors (Lipinski definition) is 2. The van der Waals surface area contributed by atoms with Gasteiger partial charge in [0.1, 0.15) is 10.6 Å². The molecule has 17 heavy (non-hydrogen) atoms. The van der Waals surface area contributed by atoms with Crippen LogP contribution in [0.25, 0.3) is 11.0 Å². The third-order valence-corrected chi connectivity index (χ3v) is 3.08. The highest BCUT2D eigenvalue weighted by Crippen LogP contribution is 2.19. The van der Waals surface area contributed by atoms with Gasteiger partial charge in [-0.3, -0.25) is 14.7 Å². The van der Waals surface area contributed by atoms with E-state index < -0.39 is 5.25 Å². The molecule has 0 aliphatic carbocycles. The zero-order chi connectivity index (χ0) is 12.4. The predicted molar refractivity (Wildman–Crippen MR) is 61.8 cm³/mol. The number of carbonyl (C=O) groups excluding carboxylic acids is 1. The average Bonchev–Trinajstić information content (AvgIpc) is 2.76. The number of carbonyl (C=O) groups is 1. The second kappa shape index (κ2) is 4.58. The maximum absolute atomic E-state index is 11.6. The smallest absolute Gasteiger partial charge is 0.318 e. The Bertz CT molecular complexity index is 606. The van der Waals surface area contributed by atoms with Crippen molar-refractivity contribution < 1.29 is 9.53 Å². The van der Waals surface area contributed by atoms with Gasteiger partial charge in [-0.15, -0.1) is 0 Å². The van der Waals surface area contributed by atoms with Crippen molar-refractivity contribution in [2.45, 2.75) is 17.3 Å². The van der Waals surface area contributed by atoms with Crippen LogP contribution in [0.2, 0.25) is 0 Å². The van der Waals surface area contributed by atoms with E-state index in [9.17, 15) is 9.59 Å². The SMILES string of the molecule is COC(=O)[C@H](C)Sc1nc2[nH]ncc2c(=O)[nH]1. The number of rotatable bonds is 3. The zero-order valence-corrected chi connectivity index (χ0v) is 10.00. The van der Waals surface area contributed by atoms with Crippen molar-refractivity contribution in [1.29, 1.82) is 0 Å². The van der Waals surface area contributed by atoms with Gasteiger partial charge >= 0.3 is 5.97 Å². The third-order valence-electron chi connectivity index (χ3n) is 2.12. The number of hydrogen-bond acceptors (Lipinski definition) is 6. The van der Waals surface area contributed by atoms with E-state index in [1.807, 2.05) is 0 Å². The number of fused-ring (bicyclic) bond motifs is 1. The van der Waals surface area contributed by atoms with Gasteiger partial charge in [-0.05, 0) is 6.92 Å². The van der Waals surface area contributed by atoms with Crippen molar-refractivity contribution in [1.82, 2.24) is 20.2 Å². The zero-order valence-electron chi connectivity index (χ0n) is 9.18. The lowest BCUT2D eigenvalue weighted by Gasteiger charge is -2.07. The van der Waals surface area contributed by atoms with E-state index in [2.05, 4.69) is 24.9 Å². The van der Waals surface area contributed by atoms with Gasteiger partial charge < -0.3 is 9.72 Å². The number of H-pyrrole nitrogens is 2. The van der Waals surface area contributed by atoms with Gasteiger partial charge in [-0.1, -0.05) is 11.8 Å². The second-order valence-corrected chi connectivity index (χ2v) is 4.62. The molecule has 0 saturated carbocycles. The first-order valence-corrected chi connectivity index (χ1v) is 5.67. The summed E-state index contributed by atoms with van der Waals surface area (Å²) in [4.78, 5) is 29.5. The molecule has 2 rings (SSSR count). The van der Waals surface area contributed by atoms with Gasteiger partial charge in [-0.25, -0.2) is 4.98 Å². The van der Waals surface area contributed by atoms with E-state index in [0.717, 1.165) is 11.8 Å². The lowest BCUT2D eigenvalue weighted by Crippen LogP contribution is -2.16. The molecular formula is C9H10N4O3S. The molecule has 7 nitrogen and oxygen atoms in total. The molecule has 0 fully saturated rings. The van der Waals surface area contributed by atoms with Crippen molar-refractivity contribution >= 4 is 28.8 Å². The van der Waals surface area contributed by atoms with E-state index in [0.29, 0.717) is 16.2 Å². The normalized spacial score (nSPS) is 12.6. The number of aromatic amines is 2. The number of nitrogens with zero attached hydrogens (tertiary/aromatic N) is 2. The Morgan fingerprint density at radius 2 is 2.35 bits per heavy atom. The molecule has 90 valence electrons. The predicted octanol–water partition coefficient (Wildman–Crippen LogP) is 0.300. The highest BCUT2D eigenvalue weighted by Gasteiger charge is 2.16. The Balaban J connectivity index is 2.30. The standard InChI is InChI=1S/C9H10N4O3S/c1-4(8(15)16-2)17-9-11-6-5(3-10-13-6)7(14)12-9/h3-4H,1-2H3,(H2,10,11,12,13,14)/t4-/m0/s1. The number of esters is 1. The van der Waals surface area contributed by atoms with Crippen LogP contribution in [0, 0.1) is 0 Å². The molecule has 1 atom stereocenters. The molecule has 2 aromatic heterocycles. The Kier molecular flexibility index (Phi) is 3.14. The highest BCUT2D eigenvalue weighted by atomic mass is 32.2. The van der Waals surface area contributed by atoms with Crippen molar-refractivity contribution in [3.63, 3.8) is 0 Å². The Morgan fingerprint density at radius 1 is 1.59 bits per heavy atom. The fourth-order valence-electron chi connectivity index (χ4n) is 1.26. The summed E-state index contributed by atoms with van der Waals surface area (Å²) in [5.74, 6) is -0.373. The number of nitrogens with one attached hydrogen (secondary N) is 2. The van der Waals surface area contributed by atoms with E-state index >= 15 is 0 Å². The van der Waals surface area contributed by atoms with Crippen molar-refractivity contribution in [2.75, 3.05) is 7.11 Å². The molecule has 0 unspecified atom stereocenters. The summed E-state index contributed by atoms with van der Waals surface area (Å²) in [5.41, 5.74) is 0.108. The quantitative estimate of drug-likeness (QED) is 0.464. The second-order valence-electron chi connectivity index (χ2n) is 3.29. The topological polar surface area (TPSA) is 101 Å². The minimum absolute atomic E-state index is 0.289. The average molecular weight is 254 g/mol. The van der Waals surface area contributed by atoms with E-state index in [-0.39, 0.29) is 11.5 Å². The molecule has 2 heterocycles.